The predicted molar refractivity (Wildman–Crippen MR) is 99.9 cm³/mol. The molecule has 0 aliphatic heterocycles. The summed E-state index contributed by atoms with van der Waals surface area (Å²) in [5, 5.41) is 5.50. The van der Waals surface area contributed by atoms with Gasteiger partial charge in [-0.05, 0) is 37.1 Å². The van der Waals surface area contributed by atoms with E-state index < -0.39 is 0 Å². The maximum atomic E-state index is 11.8. The summed E-state index contributed by atoms with van der Waals surface area (Å²) in [7, 11) is 1.61. The number of urea groups is 1. The van der Waals surface area contributed by atoms with Crippen molar-refractivity contribution in [1.82, 2.24) is 10.3 Å². The number of pyridine rings is 1. The number of carbonyl (C=O) groups is 1. The quantitative estimate of drug-likeness (QED) is 0.637. The maximum Gasteiger partial charge on any atom is 0.319 e. The Labute approximate surface area is 153 Å². The van der Waals surface area contributed by atoms with Gasteiger partial charge in [0.15, 0.2) is 0 Å². The molecule has 0 atom stereocenters. The Morgan fingerprint density at radius 2 is 2.00 bits per heavy atom. The molecule has 0 unspecified atom stereocenters. The third-order valence-corrected chi connectivity index (χ3v) is 3.40. The monoisotopic (exact) mass is 359 g/mol. The first kappa shape index (κ1) is 19.5. The molecule has 2 rings (SSSR count). The highest BCUT2D eigenvalue weighted by Crippen LogP contribution is 2.13. The van der Waals surface area contributed by atoms with Gasteiger partial charge < -0.3 is 24.8 Å². The first-order valence-electron chi connectivity index (χ1n) is 8.49. The van der Waals surface area contributed by atoms with E-state index in [1.807, 2.05) is 31.2 Å². The fraction of sp³-hybridized carbons (Fsp3) is 0.368. The molecule has 0 aliphatic carbocycles. The SMILES string of the molecule is COCCOc1ccc(NC(=O)NCCCOc2cccc(C)c2)cn1. The van der Waals surface area contributed by atoms with Gasteiger partial charge in [-0.15, -0.1) is 0 Å². The number of carbonyl (C=O) groups excluding carboxylic acids is 1. The lowest BCUT2D eigenvalue weighted by Crippen LogP contribution is -2.30. The molecule has 0 saturated heterocycles. The van der Waals surface area contributed by atoms with E-state index in [4.69, 9.17) is 14.2 Å². The Hall–Kier alpha value is -2.80. The Bertz CT molecular complexity index is 677. The third kappa shape index (κ3) is 7.40. The molecule has 2 N–H and O–H groups in total. The summed E-state index contributed by atoms with van der Waals surface area (Å²) in [6.07, 6.45) is 2.26. The van der Waals surface area contributed by atoms with Gasteiger partial charge in [0.05, 0.1) is 25.1 Å². The molecule has 2 aromatic rings. The lowest BCUT2D eigenvalue weighted by Gasteiger charge is -2.09. The van der Waals surface area contributed by atoms with E-state index in [0.717, 1.165) is 11.3 Å². The van der Waals surface area contributed by atoms with Crippen molar-refractivity contribution in [2.24, 2.45) is 0 Å². The van der Waals surface area contributed by atoms with Crippen LogP contribution < -0.4 is 20.1 Å². The number of benzene rings is 1. The molecule has 26 heavy (non-hydrogen) atoms. The summed E-state index contributed by atoms with van der Waals surface area (Å²) in [6.45, 7) is 4.01. The van der Waals surface area contributed by atoms with Crippen LogP contribution in [0.15, 0.2) is 42.6 Å². The Morgan fingerprint density at radius 3 is 2.73 bits per heavy atom. The second-order valence-corrected chi connectivity index (χ2v) is 5.63. The van der Waals surface area contributed by atoms with Crippen LogP contribution in [0.1, 0.15) is 12.0 Å². The maximum absolute atomic E-state index is 11.8. The standard InChI is InChI=1S/C19H25N3O4/c1-15-5-3-6-17(13-15)25-10-4-9-20-19(23)22-16-7-8-18(21-14-16)26-12-11-24-2/h3,5-8,13-14H,4,9-12H2,1-2H3,(H2,20,22,23). The number of ether oxygens (including phenoxy) is 3. The Morgan fingerprint density at radius 1 is 1.12 bits per heavy atom. The fourth-order valence-electron chi connectivity index (χ4n) is 2.11. The van der Waals surface area contributed by atoms with E-state index in [2.05, 4.69) is 15.6 Å². The second kappa shape index (κ2) is 10.9. The molecular weight excluding hydrogens is 334 g/mol. The number of methoxy groups -OCH3 is 1. The minimum Gasteiger partial charge on any atom is -0.494 e. The zero-order chi connectivity index (χ0) is 18.6. The topological polar surface area (TPSA) is 81.7 Å². The zero-order valence-corrected chi connectivity index (χ0v) is 15.2. The molecule has 1 aromatic heterocycles. The Balaban J connectivity index is 1.61. The second-order valence-electron chi connectivity index (χ2n) is 5.63. The highest BCUT2D eigenvalue weighted by atomic mass is 16.5. The molecule has 7 nitrogen and oxygen atoms in total. The van der Waals surface area contributed by atoms with Gasteiger partial charge in [-0.1, -0.05) is 12.1 Å². The fourth-order valence-corrected chi connectivity index (χ4v) is 2.11. The van der Waals surface area contributed by atoms with Crippen LogP contribution in [0.25, 0.3) is 0 Å². The largest absolute Gasteiger partial charge is 0.494 e. The number of aryl methyl sites for hydroxylation is 1. The number of nitrogens with zero attached hydrogens (tertiary/aromatic N) is 1. The van der Waals surface area contributed by atoms with Gasteiger partial charge in [0.25, 0.3) is 0 Å². The molecule has 0 aliphatic rings. The average molecular weight is 359 g/mol. The van der Waals surface area contributed by atoms with Crippen LogP contribution >= 0.6 is 0 Å². The van der Waals surface area contributed by atoms with Crippen LogP contribution in [-0.4, -0.2) is 44.5 Å². The van der Waals surface area contributed by atoms with Crippen LogP contribution in [0.2, 0.25) is 0 Å². The summed E-state index contributed by atoms with van der Waals surface area (Å²) in [4.78, 5) is 16.0. The minimum atomic E-state index is -0.282. The van der Waals surface area contributed by atoms with E-state index in [1.165, 1.54) is 0 Å². The third-order valence-electron chi connectivity index (χ3n) is 3.40. The molecule has 140 valence electrons. The van der Waals surface area contributed by atoms with Crippen molar-refractivity contribution >= 4 is 11.7 Å². The molecule has 7 heteroatoms. The van der Waals surface area contributed by atoms with E-state index in [1.54, 1.807) is 25.4 Å². The van der Waals surface area contributed by atoms with Crippen LogP contribution in [0.5, 0.6) is 11.6 Å². The van der Waals surface area contributed by atoms with E-state index in [0.29, 0.717) is 44.4 Å². The number of anilines is 1. The first-order chi connectivity index (χ1) is 12.7. The van der Waals surface area contributed by atoms with Crippen molar-refractivity contribution in [3.63, 3.8) is 0 Å². The number of hydrogen-bond donors (Lipinski definition) is 2. The molecule has 0 bridgehead atoms. The van der Waals surface area contributed by atoms with Gasteiger partial charge in [0.2, 0.25) is 5.88 Å². The van der Waals surface area contributed by atoms with Crippen molar-refractivity contribution in [3.05, 3.63) is 48.2 Å². The highest BCUT2D eigenvalue weighted by molar-refractivity contribution is 5.88. The van der Waals surface area contributed by atoms with Crippen molar-refractivity contribution < 1.29 is 19.0 Å². The molecule has 1 heterocycles. The molecule has 0 saturated carbocycles. The average Bonchev–Trinajstić information content (AvgIpc) is 2.63. The van der Waals surface area contributed by atoms with Crippen molar-refractivity contribution in [2.75, 3.05) is 38.8 Å². The molecule has 0 fully saturated rings. The minimum absolute atomic E-state index is 0.282. The first-order valence-corrected chi connectivity index (χ1v) is 8.49. The van der Waals surface area contributed by atoms with Crippen LogP contribution in [0.3, 0.4) is 0 Å². The van der Waals surface area contributed by atoms with Gasteiger partial charge in [-0.2, -0.15) is 0 Å². The van der Waals surface area contributed by atoms with Crippen LogP contribution in [-0.2, 0) is 4.74 Å². The summed E-state index contributed by atoms with van der Waals surface area (Å²) < 4.78 is 15.9. The predicted octanol–water partition coefficient (Wildman–Crippen LogP) is 3.01. The Kier molecular flexibility index (Phi) is 8.21. The van der Waals surface area contributed by atoms with Crippen molar-refractivity contribution in [3.8, 4) is 11.6 Å². The number of hydrogen-bond acceptors (Lipinski definition) is 5. The molecule has 0 radical (unpaired) electrons. The molecular formula is C19H25N3O4. The zero-order valence-electron chi connectivity index (χ0n) is 15.2. The van der Waals surface area contributed by atoms with Gasteiger partial charge in [-0.3, -0.25) is 0 Å². The summed E-state index contributed by atoms with van der Waals surface area (Å²) in [6, 6.07) is 11.0. The number of aromatic nitrogens is 1. The summed E-state index contributed by atoms with van der Waals surface area (Å²) in [5.41, 5.74) is 1.75. The summed E-state index contributed by atoms with van der Waals surface area (Å²) in [5.74, 6) is 1.33. The lowest BCUT2D eigenvalue weighted by molar-refractivity contribution is 0.144. The smallest absolute Gasteiger partial charge is 0.319 e. The van der Waals surface area contributed by atoms with E-state index in [9.17, 15) is 4.79 Å². The van der Waals surface area contributed by atoms with Crippen LogP contribution in [0, 0.1) is 6.92 Å². The van der Waals surface area contributed by atoms with Gasteiger partial charge in [0.1, 0.15) is 12.4 Å². The van der Waals surface area contributed by atoms with E-state index in [-0.39, 0.29) is 6.03 Å². The van der Waals surface area contributed by atoms with Gasteiger partial charge in [-0.25, -0.2) is 9.78 Å². The van der Waals surface area contributed by atoms with Gasteiger partial charge in [0, 0.05) is 19.7 Å². The highest BCUT2D eigenvalue weighted by Gasteiger charge is 2.03. The molecule has 2 amide bonds. The van der Waals surface area contributed by atoms with Crippen molar-refractivity contribution in [2.45, 2.75) is 13.3 Å². The molecule has 1 aromatic carbocycles. The number of nitrogens with one attached hydrogen (secondary N) is 2. The lowest BCUT2D eigenvalue weighted by atomic mass is 10.2. The van der Waals surface area contributed by atoms with Gasteiger partial charge >= 0.3 is 6.03 Å². The number of amides is 2. The summed E-state index contributed by atoms with van der Waals surface area (Å²) >= 11 is 0. The normalized spacial score (nSPS) is 10.2. The number of rotatable bonds is 10. The van der Waals surface area contributed by atoms with E-state index >= 15 is 0 Å². The molecule has 0 spiro atoms. The van der Waals surface area contributed by atoms with Crippen LogP contribution in [0.4, 0.5) is 10.5 Å². The van der Waals surface area contributed by atoms with Crippen molar-refractivity contribution in [1.29, 1.82) is 0 Å².